The predicted octanol–water partition coefficient (Wildman–Crippen LogP) is 1.93. The van der Waals surface area contributed by atoms with Crippen LogP contribution in [0, 0.1) is 19.8 Å². The van der Waals surface area contributed by atoms with Gasteiger partial charge >= 0.3 is 5.97 Å². The number of aryl methyl sites for hydroxylation is 2. The Bertz CT molecular complexity index is 486. The van der Waals surface area contributed by atoms with Crippen molar-refractivity contribution < 1.29 is 14.7 Å². The summed E-state index contributed by atoms with van der Waals surface area (Å²) in [6.45, 7) is 7.28. The monoisotopic (exact) mass is 264 g/mol. The number of hydrogen-bond donors (Lipinski definition) is 2. The Morgan fingerprint density at radius 3 is 2.47 bits per heavy atom. The third-order valence-corrected chi connectivity index (χ3v) is 3.24. The molecule has 104 valence electrons. The average Bonchev–Trinajstić information content (AvgIpc) is 2.34. The number of rotatable bonds is 5. The molecule has 1 amide bonds. The minimum Gasteiger partial charge on any atom is -0.480 e. The Labute approximate surface area is 113 Å². The summed E-state index contributed by atoms with van der Waals surface area (Å²) < 4.78 is 0. The lowest BCUT2D eigenvalue weighted by molar-refractivity contribution is -0.140. The summed E-state index contributed by atoms with van der Waals surface area (Å²) in [4.78, 5) is 27.5. The molecule has 0 fully saturated rings. The van der Waals surface area contributed by atoms with Gasteiger partial charge in [-0.05, 0) is 31.9 Å². The number of pyridine rings is 1. The highest BCUT2D eigenvalue weighted by Gasteiger charge is 2.26. The third kappa shape index (κ3) is 3.77. The smallest absolute Gasteiger partial charge is 0.326 e. The highest BCUT2D eigenvalue weighted by molar-refractivity contribution is 5.97. The number of amides is 1. The Morgan fingerprint density at radius 1 is 1.37 bits per heavy atom. The summed E-state index contributed by atoms with van der Waals surface area (Å²) in [5.74, 6) is -1.53. The van der Waals surface area contributed by atoms with Crippen LogP contribution in [0.15, 0.2) is 12.1 Å². The van der Waals surface area contributed by atoms with Crippen LogP contribution in [0.4, 0.5) is 0 Å². The van der Waals surface area contributed by atoms with Crippen LogP contribution in [0.1, 0.15) is 42.0 Å². The van der Waals surface area contributed by atoms with Gasteiger partial charge in [0.1, 0.15) is 6.04 Å². The summed E-state index contributed by atoms with van der Waals surface area (Å²) in [5.41, 5.74) is 1.84. The van der Waals surface area contributed by atoms with E-state index in [1.807, 2.05) is 13.8 Å². The molecule has 0 radical (unpaired) electrons. The van der Waals surface area contributed by atoms with Crippen molar-refractivity contribution in [2.45, 2.75) is 40.2 Å². The maximum atomic E-state index is 12.1. The van der Waals surface area contributed by atoms with Gasteiger partial charge in [-0.1, -0.05) is 20.3 Å². The van der Waals surface area contributed by atoms with E-state index in [-0.39, 0.29) is 5.92 Å². The molecule has 0 spiro atoms. The van der Waals surface area contributed by atoms with Crippen molar-refractivity contribution in [1.82, 2.24) is 10.3 Å². The summed E-state index contributed by atoms with van der Waals surface area (Å²) in [7, 11) is 0. The van der Waals surface area contributed by atoms with Crippen LogP contribution in [-0.4, -0.2) is 28.0 Å². The van der Waals surface area contributed by atoms with Gasteiger partial charge in [0.2, 0.25) is 0 Å². The van der Waals surface area contributed by atoms with Crippen molar-refractivity contribution in [2.24, 2.45) is 5.92 Å². The molecule has 2 atom stereocenters. The van der Waals surface area contributed by atoms with Crippen LogP contribution >= 0.6 is 0 Å². The standard InChI is InChI=1S/C14H20N2O3/c1-5-8(2)12(14(18)19)16-13(17)11-7-6-9(3)15-10(11)4/h6-8,12H,5H2,1-4H3,(H,16,17)(H,18,19)/t8?,12-/m0/s1. The number of hydrogen-bond acceptors (Lipinski definition) is 3. The van der Waals surface area contributed by atoms with Gasteiger partial charge in [-0.15, -0.1) is 0 Å². The molecule has 1 heterocycles. The molecular weight excluding hydrogens is 244 g/mol. The Balaban J connectivity index is 2.91. The van der Waals surface area contributed by atoms with E-state index < -0.39 is 17.9 Å². The fourth-order valence-corrected chi connectivity index (χ4v) is 1.83. The zero-order valence-electron chi connectivity index (χ0n) is 11.7. The summed E-state index contributed by atoms with van der Waals surface area (Å²) in [6.07, 6.45) is 0.683. The van der Waals surface area contributed by atoms with E-state index in [1.54, 1.807) is 26.0 Å². The molecule has 0 aliphatic heterocycles. The van der Waals surface area contributed by atoms with E-state index >= 15 is 0 Å². The first-order valence-corrected chi connectivity index (χ1v) is 6.34. The van der Waals surface area contributed by atoms with Crippen LogP contribution in [-0.2, 0) is 4.79 Å². The SMILES string of the molecule is CCC(C)[C@H](NC(=O)c1ccc(C)nc1C)C(=O)O. The minimum absolute atomic E-state index is 0.125. The quantitative estimate of drug-likeness (QED) is 0.851. The van der Waals surface area contributed by atoms with E-state index in [0.717, 1.165) is 5.69 Å². The van der Waals surface area contributed by atoms with Gasteiger partial charge in [0.05, 0.1) is 11.3 Å². The number of carboxylic acid groups (broad SMARTS) is 1. The van der Waals surface area contributed by atoms with Crippen LogP contribution in [0.25, 0.3) is 0 Å². The van der Waals surface area contributed by atoms with Gasteiger partial charge in [-0.25, -0.2) is 4.79 Å². The van der Waals surface area contributed by atoms with Gasteiger partial charge in [0.25, 0.3) is 5.91 Å². The van der Waals surface area contributed by atoms with Gasteiger partial charge in [-0.2, -0.15) is 0 Å². The lowest BCUT2D eigenvalue weighted by atomic mass is 9.99. The first-order valence-electron chi connectivity index (χ1n) is 6.34. The molecule has 1 rings (SSSR count). The highest BCUT2D eigenvalue weighted by atomic mass is 16.4. The van der Waals surface area contributed by atoms with Gasteiger partial charge in [0.15, 0.2) is 0 Å². The molecule has 2 N–H and O–H groups in total. The number of carbonyl (C=O) groups is 2. The highest BCUT2D eigenvalue weighted by Crippen LogP contribution is 2.11. The second kappa shape index (κ2) is 6.31. The lowest BCUT2D eigenvalue weighted by Gasteiger charge is -2.20. The van der Waals surface area contributed by atoms with Crippen LogP contribution in [0.2, 0.25) is 0 Å². The lowest BCUT2D eigenvalue weighted by Crippen LogP contribution is -2.45. The molecule has 1 aromatic heterocycles. The third-order valence-electron chi connectivity index (χ3n) is 3.24. The van der Waals surface area contributed by atoms with E-state index in [0.29, 0.717) is 17.7 Å². The van der Waals surface area contributed by atoms with Crippen molar-refractivity contribution in [3.63, 3.8) is 0 Å². The van der Waals surface area contributed by atoms with Gasteiger partial charge in [-0.3, -0.25) is 9.78 Å². The Hall–Kier alpha value is -1.91. The molecule has 1 aromatic rings. The van der Waals surface area contributed by atoms with Crippen molar-refractivity contribution in [3.05, 3.63) is 29.1 Å². The van der Waals surface area contributed by atoms with E-state index in [9.17, 15) is 9.59 Å². The van der Waals surface area contributed by atoms with E-state index in [4.69, 9.17) is 5.11 Å². The first-order chi connectivity index (χ1) is 8.86. The topological polar surface area (TPSA) is 79.3 Å². The first kappa shape index (κ1) is 15.1. The van der Waals surface area contributed by atoms with Gasteiger partial charge < -0.3 is 10.4 Å². The molecule has 1 unspecified atom stereocenters. The molecule has 0 saturated carbocycles. The van der Waals surface area contributed by atoms with Crippen molar-refractivity contribution >= 4 is 11.9 Å². The number of aliphatic carboxylic acids is 1. The van der Waals surface area contributed by atoms with Crippen molar-refractivity contribution in [2.75, 3.05) is 0 Å². The molecule has 0 aliphatic carbocycles. The summed E-state index contributed by atoms with van der Waals surface area (Å²) in [6, 6.07) is 2.53. The molecule has 0 aliphatic rings. The largest absolute Gasteiger partial charge is 0.480 e. The molecule has 0 saturated heterocycles. The average molecular weight is 264 g/mol. The number of nitrogens with zero attached hydrogens (tertiary/aromatic N) is 1. The van der Waals surface area contributed by atoms with Crippen LogP contribution in [0.5, 0.6) is 0 Å². The number of carboxylic acids is 1. The fourth-order valence-electron chi connectivity index (χ4n) is 1.83. The zero-order valence-corrected chi connectivity index (χ0v) is 11.7. The maximum absolute atomic E-state index is 12.1. The van der Waals surface area contributed by atoms with Gasteiger partial charge in [0, 0.05) is 5.69 Å². The molecule has 5 nitrogen and oxygen atoms in total. The minimum atomic E-state index is -1.01. The van der Waals surface area contributed by atoms with Crippen LogP contribution < -0.4 is 5.32 Å². The second-order valence-corrected chi connectivity index (χ2v) is 4.76. The molecule has 0 bridgehead atoms. The number of carbonyl (C=O) groups excluding carboxylic acids is 1. The summed E-state index contributed by atoms with van der Waals surface area (Å²) >= 11 is 0. The number of nitrogens with one attached hydrogen (secondary N) is 1. The normalized spacial score (nSPS) is 13.7. The second-order valence-electron chi connectivity index (χ2n) is 4.76. The van der Waals surface area contributed by atoms with Crippen molar-refractivity contribution in [3.8, 4) is 0 Å². The van der Waals surface area contributed by atoms with E-state index in [2.05, 4.69) is 10.3 Å². The molecule has 5 heteroatoms. The molecular formula is C14H20N2O3. The maximum Gasteiger partial charge on any atom is 0.326 e. The fraction of sp³-hybridized carbons (Fsp3) is 0.500. The zero-order chi connectivity index (χ0) is 14.6. The summed E-state index contributed by atoms with van der Waals surface area (Å²) in [5, 5.41) is 11.7. The molecule has 19 heavy (non-hydrogen) atoms. The number of aromatic nitrogens is 1. The Morgan fingerprint density at radius 2 is 2.00 bits per heavy atom. The van der Waals surface area contributed by atoms with Crippen molar-refractivity contribution in [1.29, 1.82) is 0 Å². The van der Waals surface area contributed by atoms with E-state index in [1.165, 1.54) is 0 Å². The van der Waals surface area contributed by atoms with Crippen LogP contribution in [0.3, 0.4) is 0 Å². The predicted molar refractivity (Wildman–Crippen MR) is 72.1 cm³/mol. The Kier molecular flexibility index (Phi) is 5.03. The molecule has 0 aromatic carbocycles.